The van der Waals surface area contributed by atoms with E-state index in [4.69, 9.17) is 4.18 Å². The molecule has 0 aliphatic carbocycles. The molecule has 1 amide bonds. The topological polar surface area (TPSA) is 63.7 Å². The Labute approximate surface area is 178 Å². The number of benzene rings is 3. The highest BCUT2D eigenvalue weighted by Crippen LogP contribution is 2.22. The average molecular weight is 426 g/mol. The molecule has 0 saturated heterocycles. The molecule has 0 N–H and O–H groups in total. The first-order valence-electron chi connectivity index (χ1n) is 10.1. The van der Waals surface area contributed by atoms with Crippen LogP contribution >= 0.6 is 0 Å². The Bertz CT molecular complexity index is 1120. The maximum Gasteiger partial charge on any atom is 0.308 e. The first-order valence-corrected chi connectivity index (χ1v) is 11.6. The quantitative estimate of drug-likeness (QED) is 0.483. The Morgan fingerprint density at radius 3 is 2.30 bits per heavy atom. The first-order chi connectivity index (χ1) is 14.3. The Balaban J connectivity index is 1.85. The summed E-state index contributed by atoms with van der Waals surface area (Å²) < 4.78 is 28.3. The molecule has 0 unspecified atom stereocenters. The van der Waals surface area contributed by atoms with Crippen molar-refractivity contribution < 1.29 is 17.4 Å². The monoisotopic (exact) mass is 425 g/mol. The van der Waals surface area contributed by atoms with Crippen LogP contribution in [0.25, 0.3) is 10.8 Å². The minimum atomic E-state index is -3.56. The van der Waals surface area contributed by atoms with Crippen LogP contribution in [0.4, 0.5) is 0 Å². The minimum absolute atomic E-state index is 0.0191. The van der Waals surface area contributed by atoms with Crippen LogP contribution in [0, 0.1) is 5.92 Å². The first kappa shape index (κ1) is 21.8. The third kappa shape index (κ3) is 5.39. The van der Waals surface area contributed by atoms with Gasteiger partial charge in [0.1, 0.15) is 5.75 Å². The van der Waals surface area contributed by atoms with E-state index < -0.39 is 10.1 Å². The molecule has 0 fully saturated rings. The molecule has 5 nitrogen and oxygen atoms in total. The van der Waals surface area contributed by atoms with Crippen molar-refractivity contribution in [3.63, 3.8) is 0 Å². The van der Waals surface area contributed by atoms with E-state index in [0.29, 0.717) is 24.6 Å². The van der Waals surface area contributed by atoms with Gasteiger partial charge in [0.2, 0.25) is 0 Å². The molecule has 0 spiro atoms. The van der Waals surface area contributed by atoms with Crippen molar-refractivity contribution in [2.45, 2.75) is 27.3 Å². The van der Waals surface area contributed by atoms with Gasteiger partial charge >= 0.3 is 10.1 Å². The highest BCUT2D eigenvalue weighted by Gasteiger charge is 2.19. The van der Waals surface area contributed by atoms with Crippen molar-refractivity contribution in [1.82, 2.24) is 4.90 Å². The molecule has 0 bridgehead atoms. The molecule has 30 heavy (non-hydrogen) atoms. The van der Waals surface area contributed by atoms with Gasteiger partial charge in [-0.3, -0.25) is 4.79 Å². The number of fused-ring (bicyclic) bond motifs is 1. The number of amides is 1. The van der Waals surface area contributed by atoms with Crippen LogP contribution in [0.5, 0.6) is 5.75 Å². The van der Waals surface area contributed by atoms with Gasteiger partial charge in [0.05, 0.1) is 5.75 Å². The molecule has 158 valence electrons. The maximum atomic E-state index is 13.4. The Morgan fingerprint density at radius 2 is 1.63 bits per heavy atom. The lowest BCUT2D eigenvalue weighted by Crippen LogP contribution is -2.33. The van der Waals surface area contributed by atoms with E-state index in [1.54, 1.807) is 24.3 Å². The second-order valence-corrected chi connectivity index (χ2v) is 9.54. The molecule has 0 heterocycles. The van der Waals surface area contributed by atoms with E-state index in [0.717, 1.165) is 16.3 Å². The minimum Gasteiger partial charge on any atom is -0.382 e. The molecule has 0 aromatic heterocycles. The van der Waals surface area contributed by atoms with E-state index >= 15 is 0 Å². The zero-order chi connectivity index (χ0) is 21.7. The fraction of sp³-hybridized carbons (Fsp3) is 0.292. The number of carbonyl (C=O) groups excluding carboxylic acids is 1. The predicted octanol–water partition coefficient (Wildman–Crippen LogP) is 4.87. The number of rotatable bonds is 8. The van der Waals surface area contributed by atoms with Crippen molar-refractivity contribution >= 4 is 26.8 Å². The van der Waals surface area contributed by atoms with Crippen LogP contribution in [0.1, 0.15) is 36.7 Å². The van der Waals surface area contributed by atoms with Gasteiger partial charge in [-0.15, -0.1) is 0 Å². The average Bonchev–Trinajstić information content (AvgIpc) is 2.73. The van der Waals surface area contributed by atoms with Crippen LogP contribution in [0.15, 0.2) is 66.7 Å². The Hall–Kier alpha value is -2.86. The second-order valence-electron chi connectivity index (χ2n) is 7.68. The van der Waals surface area contributed by atoms with Gasteiger partial charge in [0.15, 0.2) is 0 Å². The lowest BCUT2D eigenvalue weighted by molar-refractivity contribution is 0.0724. The summed E-state index contributed by atoms with van der Waals surface area (Å²) in [5, 5.41) is 1.97. The van der Waals surface area contributed by atoms with Crippen molar-refractivity contribution in [1.29, 1.82) is 0 Å². The van der Waals surface area contributed by atoms with Gasteiger partial charge < -0.3 is 9.08 Å². The number of carbonyl (C=O) groups is 1. The molecule has 3 rings (SSSR count). The number of nitrogens with zero attached hydrogens (tertiary/aromatic N) is 1. The zero-order valence-electron chi connectivity index (χ0n) is 17.5. The SMILES string of the molecule is CCS(=O)(=O)Oc1ccc(CN(CC(C)C)C(=O)c2cccc3ccccc23)cc1. The van der Waals surface area contributed by atoms with Crippen molar-refractivity contribution in [2.75, 3.05) is 12.3 Å². The van der Waals surface area contributed by atoms with E-state index in [9.17, 15) is 13.2 Å². The van der Waals surface area contributed by atoms with Crippen molar-refractivity contribution in [3.8, 4) is 5.75 Å². The Morgan fingerprint density at radius 1 is 0.967 bits per heavy atom. The normalized spacial score (nSPS) is 11.6. The summed E-state index contributed by atoms with van der Waals surface area (Å²) in [6, 6.07) is 20.5. The third-order valence-corrected chi connectivity index (χ3v) is 5.92. The molecular formula is C24H27NO4S. The summed E-state index contributed by atoms with van der Waals surface area (Å²) in [5.74, 6) is 0.475. The van der Waals surface area contributed by atoms with Gasteiger partial charge in [-0.1, -0.05) is 62.4 Å². The molecule has 3 aromatic rings. The van der Waals surface area contributed by atoms with Crippen LogP contribution in [-0.4, -0.2) is 31.5 Å². The summed E-state index contributed by atoms with van der Waals surface area (Å²) in [6.45, 7) is 6.74. The van der Waals surface area contributed by atoms with Crippen LogP contribution in [0.3, 0.4) is 0 Å². The molecule has 6 heteroatoms. The van der Waals surface area contributed by atoms with Crippen LogP contribution < -0.4 is 4.18 Å². The summed E-state index contributed by atoms with van der Waals surface area (Å²) in [5.41, 5.74) is 1.59. The van der Waals surface area contributed by atoms with Gasteiger partial charge in [-0.25, -0.2) is 0 Å². The standard InChI is InChI=1S/C24H27NO4S/c1-4-30(27,28)29-21-14-12-19(13-15-21)17-25(16-18(2)3)24(26)23-11-7-9-20-8-5-6-10-22(20)23/h5-15,18H,4,16-17H2,1-3H3. The molecular weight excluding hydrogens is 398 g/mol. The Kier molecular flexibility index (Phi) is 6.77. The molecule has 0 aliphatic heterocycles. The summed E-state index contributed by atoms with van der Waals surface area (Å²) >= 11 is 0. The smallest absolute Gasteiger partial charge is 0.308 e. The van der Waals surface area contributed by atoms with Gasteiger partial charge in [0.25, 0.3) is 5.91 Å². The van der Waals surface area contributed by atoms with E-state index in [1.165, 1.54) is 6.92 Å². The fourth-order valence-corrected chi connectivity index (χ4v) is 3.84. The summed E-state index contributed by atoms with van der Waals surface area (Å²) in [7, 11) is -3.56. The van der Waals surface area contributed by atoms with E-state index in [2.05, 4.69) is 13.8 Å². The molecule has 3 aromatic carbocycles. The van der Waals surface area contributed by atoms with Gasteiger partial charge in [0, 0.05) is 18.7 Å². The summed E-state index contributed by atoms with van der Waals surface area (Å²) in [6.07, 6.45) is 0. The molecule has 0 saturated carbocycles. The zero-order valence-corrected chi connectivity index (χ0v) is 18.4. The lowest BCUT2D eigenvalue weighted by Gasteiger charge is -2.25. The maximum absolute atomic E-state index is 13.4. The fourth-order valence-electron chi connectivity index (χ4n) is 3.32. The van der Waals surface area contributed by atoms with Crippen molar-refractivity contribution in [3.05, 3.63) is 77.9 Å². The second kappa shape index (κ2) is 9.30. The summed E-state index contributed by atoms with van der Waals surface area (Å²) in [4.78, 5) is 15.3. The van der Waals surface area contributed by atoms with Crippen molar-refractivity contribution in [2.24, 2.45) is 5.92 Å². The highest BCUT2D eigenvalue weighted by atomic mass is 32.2. The van der Waals surface area contributed by atoms with E-state index in [-0.39, 0.29) is 17.4 Å². The van der Waals surface area contributed by atoms with E-state index in [1.807, 2.05) is 47.4 Å². The molecule has 0 aliphatic rings. The third-order valence-electron chi connectivity index (χ3n) is 4.77. The largest absolute Gasteiger partial charge is 0.382 e. The molecule has 0 atom stereocenters. The predicted molar refractivity (Wildman–Crippen MR) is 120 cm³/mol. The van der Waals surface area contributed by atoms with Gasteiger partial charge in [-0.2, -0.15) is 8.42 Å². The van der Waals surface area contributed by atoms with Gasteiger partial charge in [-0.05, 0) is 47.4 Å². The van der Waals surface area contributed by atoms with Crippen LogP contribution in [-0.2, 0) is 16.7 Å². The highest BCUT2D eigenvalue weighted by molar-refractivity contribution is 7.87. The number of hydrogen-bond acceptors (Lipinski definition) is 4. The molecule has 0 radical (unpaired) electrons. The van der Waals surface area contributed by atoms with Crippen LogP contribution in [0.2, 0.25) is 0 Å². The lowest BCUT2D eigenvalue weighted by atomic mass is 10.0. The number of hydrogen-bond donors (Lipinski definition) is 0.